The van der Waals surface area contributed by atoms with E-state index in [-0.39, 0.29) is 18.6 Å². The minimum Gasteiger partial charge on any atom is -0.394 e. The van der Waals surface area contributed by atoms with Crippen molar-refractivity contribution in [3.63, 3.8) is 0 Å². The van der Waals surface area contributed by atoms with Gasteiger partial charge in [-0.2, -0.15) is 0 Å². The Bertz CT molecular complexity index is 593. The number of carbonyl (C=O) groups excluding carboxylic acids is 1. The number of ether oxygens (including phenoxy) is 1. The fraction of sp³-hybridized carbons (Fsp3) is 0.357. The Morgan fingerprint density at radius 2 is 2.37 bits per heavy atom. The molecule has 1 aromatic heterocycles. The summed E-state index contributed by atoms with van der Waals surface area (Å²) in [6, 6.07) is 7.56. The summed E-state index contributed by atoms with van der Waals surface area (Å²) in [7, 11) is 0. The summed E-state index contributed by atoms with van der Waals surface area (Å²) in [5, 5.41) is 10.1. The van der Waals surface area contributed by atoms with Crippen LogP contribution in [0.3, 0.4) is 0 Å². The second kappa shape index (κ2) is 5.03. The van der Waals surface area contributed by atoms with Gasteiger partial charge in [-0.05, 0) is 18.2 Å². The molecule has 0 saturated carbocycles. The molecule has 5 nitrogen and oxygen atoms in total. The van der Waals surface area contributed by atoms with E-state index in [1.807, 2.05) is 30.5 Å². The Morgan fingerprint density at radius 3 is 3.21 bits per heavy atom. The first kappa shape index (κ1) is 12.2. The first-order chi connectivity index (χ1) is 9.29. The van der Waals surface area contributed by atoms with Gasteiger partial charge in [0.2, 0.25) is 0 Å². The molecule has 100 valence electrons. The number of rotatable bonds is 2. The molecule has 2 aromatic rings. The van der Waals surface area contributed by atoms with Gasteiger partial charge < -0.3 is 19.7 Å². The zero-order valence-electron chi connectivity index (χ0n) is 10.5. The minimum absolute atomic E-state index is 0.00745. The summed E-state index contributed by atoms with van der Waals surface area (Å²) in [6.45, 7) is 1.42. The molecule has 3 rings (SSSR count). The zero-order valence-corrected chi connectivity index (χ0v) is 10.5. The maximum Gasteiger partial charge on any atom is 0.254 e. The minimum atomic E-state index is -0.275. The van der Waals surface area contributed by atoms with Gasteiger partial charge >= 0.3 is 0 Å². The second-order valence-corrected chi connectivity index (χ2v) is 4.67. The van der Waals surface area contributed by atoms with Crippen LogP contribution in [0, 0.1) is 0 Å². The maximum absolute atomic E-state index is 12.5. The zero-order chi connectivity index (χ0) is 13.2. The average Bonchev–Trinajstić information content (AvgIpc) is 2.95. The number of fused-ring (bicyclic) bond motifs is 1. The summed E-state index contributed by atoms with van der Waals surface area (Å²) >= 11 is 0. The SMILES string of the molecule is O=C(c1cccc2[nH]ccc12)N1CCOC(CO)C1. The van der Waals surface area contributed by atoms with Crippen LogP contribution in [0.25, 0.3) is 10.9 Å². The molecule has 1 atom stereocenters. The van der Waals surface area contributed by atoms with E-state index >= 15 is 0 Å². The summed E-state index contributed by atoms with van der Waals surface area (Å²) < 4.78 is 5.37. The first-order valence-electron chi connectivity index (χ1n) is 6.37. The highest BCUT2D eigenvalue weighted by molar-refractivity contribution is 6.06. The highest BCUT2D eigenvalue weighted by Crippen LogP contribution is 2.20. The van der Waals surface area contributed by atoms with E-state index < -0.39 is 0 Å². The average molecular weight is 260 g/mol. The van der Waals surface area contributed by atoms with Gasteiger partial charge in [0.1, 0.15) is 0 Å². The number of amides is 1. The van der Waals surface area contributed by atoms with E-state index in [0.29, 0.717) is 25.3 Å². The number of aliphatic hydroxyl groups is 1. The first-order valence-corrected chi connectivity index (χ1v) is 6.37. The smallest absolute Gasteiger partial charge is 0.254 e. The maximum atomic E-state index is 12.5. The van der Waals surface area contributed by atoms with Crippen LogP contribution in [0.2, 0.25) is 0 Å². The van der Waals surface area contributed by atoms with Crippen LogP contribution < -0.4 is 0 Å². The van der Waals surface area contributed by atoms with E-state index in [2.05, 4.69) is 4.98 Å². The molecule has 1 aromatic carbocycles. The number of aromatic amines is 1. The normalized spacial score (nSPS) is 19.8. The fourth-order valence-electron chi connectivity index (χ4n) is 2.46. The Hall–Kier alpha value is -1.85. The standard InChI is InChI=1S/C14H16N2O3/c17-9-10-8-16(6-7-19-10)14(18)12-2-1-3-13-11(12)4-5-15-13/h1-5,10,15,17H,6-9H2. The Morgan fingerprint density at radius 1 is 1.47 bits per heavy atom. The number of nitrogens with one attached hydrogen (secondary N) is 1. The van der Waals surface area contributed by atoms with Gasteiger partial charge in [-0.25, -0.2) is 0 Å². The molecule has 0 aliphatic carbocycles. The molecule has 1 aliphatic heterocycles. The summed E-state index contributed by atoms with van der Waals surface area (Å²) in [6.07, 6.45) is 1.56. The predicted molar refractivity (Wildman–Crippen MR) is 71.0 cm³/mol. The number of nitrogens with zero attached hydrogens (tertiary/aromatic N) is 1. The van der Waals surface area contributed by atoms with Crippen LogP contribution in [0.4, 0.5) is 0 Å². The number of morpholine rings is 1. The molecule has 2 heterocycles. The molecule has 0 spiro atoms. The molecule has 1 fully saturated rings. The van der Waals surface area contributed by atoms with E-state index in [9.17, 15) is 4.79 Å². The van der Waals surface area contributed by atoms with Crippen LogP contribution in [-0.2, 0) is 4.74 Å². The van der Waals surface area contributed by atoms with E-state index in [4.69, 9.17) is 9.84 Å². The molecule has 0 radical (unpaired) electrons. The van der Waals surface area contributed by atoms with Gasteiger partial charge in [-0.1, -0.05) is 6.07 Å². The molecule has 1 saturated heterocycles. The van der Waals surface area contributed by atoms with E-state index in [1.54, 1.807) is 4.90 Å². The van der Waals surface area contributed by atoms with E-state index in [1.165, 1.54) is 0 Å². The monoisotopic (exact) mass is 260 g/mol. The lowest BCUT2D eigenvalue weighted by atomic mass is 10.1. The topological polar surface area (TPSA) is 65.6 Å². The lowest BCUT2D eigenvalue weighted by Gasteiger charge is -2.32. The second-order valence-electron chi connectivity index (χ2n) is 4.67. The molecule has 1 aliphatic rings. The highest BCUT2D eigenvalue weighted by atomic mass is 16.5. The van der Waals surface area contributed by atoms with Gasteiger partial charge in [-0.3, -0.25) is 4.79 Å². The van der Waals surface area contributed by atoms with Gasteiger partial charge in [0.25, 0.3) is 5.91 Å². The summed E-state index contributed by atoms with van der Waals surface area (Å²) in [4.78, 5) is 17.4. The third kappa shape index (κ3) is 2.22. The molecule has 19 heavy (non-hydrogen) atoms. The molecule has 1 amide bonds. The number of carbonyl (C=O) groups is 1. The number of aliphatic hydroxyl groups excluding tert-OH is 1. The molecule has 5 heteroatoms. The van der Waals surface area contributed by atoms with Crippen LogP contribution in [-0.4, -0.2) is 53.3 Å². The fourth-order valence-corrected chi connectivity index (χ4v) is 2.46. The van der Waals surface area contributed by atoms with Crippen molar-refractivity contribution in [1.29, 1.82) is 0 Å². The highest BCUT2D eigenvalue weighted by Gasteiger charge is 2.25. The summed E-state index contributed by atoms with van der Waals surface area (Å²) in [5.41, 5.74) is 1.65. The number of H-pyrrole nitrogens is 1. The van der Waals surface area contributed by atoms with Crippen molar-refractivity contribution >= 4 is 16.8 Å². The lowest BCUT2D eigenvalue weighted by molar-refractivity contribution is -0.0446. The van der Waals surface area contributed by atoms with Gasteiger partial charge in [0, 0.05) is 35.8 Å². The van der Waals surface area contributed by atoms with Gasteiger partial charge in [-0.15, -0.1) is 0 Å². The van der Waals surface area contributed by atoms with Crippen molar-refractivity contribution in [2.75, 3.05) is 26.3 Å². The Balaban J connectivity index is 1.89. The van der Waals surface area contributed by atoms with Crippen LogP contribution in [0.1, 0.15) is 10.4 Å². The number of aromatic nitrogens is 1. The van der Waals surface area contributed by atoms with Crippen molar-refractivity contribution in [3.8, 4) is 0 Å². The van der Waals surface area contributed by atoms with Crippen LogP contribution in [0.15, 0.2) is 30.5 Å². The Labute approximate surface area is 110 Å². The summed E-state index contributed by atoms with van der Waals surface area (Å²) in [5.74, 6) is -0.00745. The largest absolute Gasteiger partial charge is 0.394 e. The molecule has 0 bridgehead atoms. The van der Waals surface area contributed by atoms with E-state index in [0.717, 1.165) is 10.9 Å². The predicted octanol–water partition coefficient (Wildman–Crippen LogP) is 1.00. The van der Waals surface area contributed by atoms with Crippen molar-refractivity contribution in [3.05, 3.63) is 36.0 Å². The Kier molecular flexibility index (Phi) is 3.23. The number of hydrogen-bond acceptors (Lipinski definition) is 3. The molecule has 2 N–H and O–H groups in total. The molecular weight excluding hydrogens is 244 g/mol. The third-order valence-electron chi connectivity index (χ3n) is 3.45. The van der Waals surface area contributed by atoms with Gasteiger partial charge in [0.05, 0.1) is 19.3 Å². The molecule has 1 unspecified atom stereocenters. The molecular formula is C14H16N2O3. The number of benzene rings is 1. The van der Waals surface area contributed by atoms with Crippen LogP contribution >= 0.6 is 0 Å². The lowest BCUT2D eigenvalue weighted by Crippen LogP contribution is -2.46. The van der Waals surface area contributed by atoms with Crippen molar-refractivity contribution < 1.29 is 14.6 Å². The van der Waals surface area contributed by atoms with Crippen molar-refractivity contribution in [2.45, 2.75) is 6.10 Å². The van der Waals surface area contributed by atoms with Crippen molar-refractivity contribution in [1.82, 2.24) is 9.88 Å². The number of hydrogen-bond donors (Lipinski definition) is 2. The van der Waals surface area contributed by atoms with Crippen molar-refractivity contribution in [2.24, 2.45) is 0 Å². The quantitative estimate of drug-likeness (QED) is 0.846. The third-order valence-corrected chi connectivity index (χ3v) is 3.45. The van der Waals surface area contributed by atoms with Gasteiger partial charge in [0.15, 0.2) is 0 Å². The van der Waals surface area contributed by atoms with Crippen LogP contribution in [0.5, 0.6) is 0 Å².